The second kappa shape index (κ2) is 4.13. The first-order valence-electron chi connectivity index (χ1n) is 3.75. The number of esters is 1. The molecule has 0 N–H and O–H groups in total. The molecule has 0 amide bonds. The fourth-order valence-electron chi connectivity index (χ4n) is 0.957. The van der Waals surface area contributed by atoms with E-state index in [-0.39, 0.29) is 0 Å². The van der Waals surface area contributed by atoms with Gasteiger partial charge < -0.3 is 4.74 Å². The van der Waals surface area contributed by atoms with Crippen LogP contribution in [0.5, 0.6) is 0 Å². The van der Waals surface area contributed by atoms with Gasteiger partial charge >= 0.3 is 5.97 Å². The van der Waals surface area contributed by atoms with E-state index in [2.05, 4.69) is 4.74 Å². The molecule has 0 bridgehead atoms. The van der Waals surface area contributed by atoms with Crippen LogP contribution in [0.25, 0.3) is 0 Å². The topological polar surface area (TPSA) is 26.3 Å². The Labute approximate surface area is 78.3 Å². The third-order valence-corrected chi connectivity index (χ3v) is 1.65. The quantitative estimate of drug-likeness (QED) is 0.687. The van der Waals surface area contributed by atoms with Crippen LogP contribution in [-0.2, 0) is 16.0 Å². The van der Waals surface area contributed by atoms with Crippen LogP contribution in [0.2, 0.25) is 0 Å². The predicted molar refractivity (Wildman–Crippen MR) is 42.0 cm³/mol. The number of carbonyl (C=O) groups excluding carboxylic acids is 1. The Bertz CT molecular complexity index is 340. The van der Waals surface area contributed by atoms with Crippen molar-refractivity contribution >= 4 is 5.97 Å². The maximum atomic E-state index is 12.9. The lowest BCUT2D eigenvalue weighted by atomic mass is 10.1. The van der Waals surface area contributed by atoms with E-state index in [0.717, 1.165) is 7.11 Å². The number of methoxy groups -OCH3 is 1. The number of rotatable bonds is 2. The van der Waals surface area contributed by atoms with E-state index in [0.29, 0.717) is 12.1 Å². The lowest BCUT2D eigenvalue weighted by Gasteiger charge is -2.03. The minimum absolute atomic E-state index is 0.488. The van der Waals surface area contributed by atoms with Crippen LogP contribution in [0.4, 0.5) is 13.2 Å². The molecule has 0 saturated heterocycles. The van der Waals surface area contributed by atoms with Crippen molar-refractivity contribution < 1.29 is 22.7 Å². The summed E-state index contributed by atoms with van der Waals surface area (Å²) in [5.74, 6) is -3.98. The monoisotopic (exact) mass is 204 g/mol. The summed E-state index contributed by atoms with van der Waals surface area (Å²) < 4.78 is 42.5. The van der Waals surface area contributed by atoms with Gasteiger partial charge in [0.2, 0.25) is 0 Å². The number of hydrogen-bond acceptors (Lipinski definition) is 2. The smallest absolute Gasteiger partial charge is 0.310 e. The Kier molecular flexibility index (Phi) is 3.11. The van der Waals surface area contributed by atoms with Gasteiger partial charge in [-0.1, -0.05) is 0 Å². The standard InChI is InChI=1S/C9H7F3O2/c1-14-9(13)4-6-7(11)2-5(10)3-8(6)12/h2-3H,4H2,1H3. The molecule has 0 aromatic heterocycles. The molecule has 14 heavy (non-hydrogen) atoms. The Morgan fingerprint density at radius 1 is 1.29 bits per heavy atom. The average molecular weight is 204 g/mol. The Morgan fingerprint density at radius 3 is 2.21 bits per heavy atom. The van der Waals surface area contributed by atoms with Gasteiger partial charge in [0.1, 0.15) is 17.5 Å². The molecule has 0 aliphatic heterocycles. The average Bonchev–Trinajstić information content (AvgIpc) is 2.10. The predicted octanol–water partition coefficient (Wildman–Crippen LogP) is 1.82. The molecule has 0 spiro atoms. The van der Waals surface area contributed by atoms with Crippen LogP contribution in [0.1, 0.15) is 5.56 Å². The summed E-state index contributed by atoms with van der Waals surface area (Å²) in [5, 5.41) is 0. The lowest BCUT2D eigenvalue weighted by Crippen LogP contribution is -2.08. The zero-order valence-corrected chi connectivity index (χ0v) is 7.31. The largest absolute Gasteiger partial charge is 0.469 e. The Morgan fingerprint density at radius 2 is 1.79 bits per heavy atom. The second-order valence-electron chi connectivity index (χ2n) is 2.60. The van der Waals surface area contributed by atoms with Gasteiger partial charge in [-0.3, -0.25) is 4.79 Å². The van der Waals surface area contributed by atoms with E-state index in [1.807, 2.05) is 0 Å². The van der Waals surface area contributed by atoms with E-state index in [1.165, 1.54) is 0 Å². The van der Waals surface area contributed by atoms with E-state index in [9.17, 15) is 18.0 Å². The van der Waals surface area contributed by atoms with Crippen molar-refractivity contribution in [1.82, 2.24) is 0 Å². The zero-order valence-electron chi connectivity index (χ0n) is 7.31. The van der Waals surface area contributed by atoms with Crippen LogP contribution in [0, 0.1) is 17.5 Å². The number of benzene rings is 1. The van der Waals surface area contributed by atoms with Gasteiger partial charge in [-0.2, -0.15) is 0 Å². The fraction of sp³-hybridized carbons (Fsp3) is 0.222. The van der Waals surface area contributed by atoms with Crippen molar-refractivity contribution in [3.8, 4) is 0 Å². The highest BCUT2D eigenvalue weighted by Crippen LogP contribution is 2.15. The van der Waals surface area contributed by atoms with Crippen LogP contribution in [0.3, 0.4) is 0 Å². The molecule has 0 aliphatic carbocycles. The maximum Gasteiger partial charge on any atom is 0.310 e. The zero-order chi connectivity index (χ0) is 10.7. The molecule has 0 atom stereocenters. The molecule has 0 unspecified atom stereocenters. The third-order valence-electron chi connectivity index (χ3n) is 1.65. The van der Waals surface area contributed by atoms with E-state index >= 15 is 0 Å². The van der Waals surface area contributed by atoms with Crippen LogP contribution < -0.4 is 0 Å². The highest BCUT2D eigenvalue weighted by molar-refractivity contribution is 5.72. The molecule has 1 aromatic carbocycles. The molecule has 2 nitrogen and oxygen atoms in total. The molecule has 0 heterocycles. The van der Waals surface area contributed by atoms with Crippen LogP contribution >= 0.6 is 0 Å². The van der Waals surface area contributed by atoms with E-state index < -0.39 is 35.4 Å². The minimum Gasteiger partial charge on any atom is -0.469 e. The number of carbonyl (C=O) groups is 1. The molecule has 1 rings (SSSR count). The van der Waals surface area contributed by atoms with E-state index in [4.69, 9.17) is 0 Å². The maximum absolute atomic E-state index is 12.9. The van der Waals surface area contributed by atoms with Gasteiger partial charge in [0.15, 0.2) is 0 Å². The first-order chi connectivity index (χ1) is 6.54. The van der Waals surface area contributed by atoms with Crippen molar-refractivity contribution in [2.45, 2.75) is 6.42 Å². The summed E-state index contributed by atoms with van der Waals surface area (Å²) in [7, 11) is 1.10. The molecule has 0 aliphatic rings. The van der Waals surface area contributed by atoms with Gasteiger partial charge in [-0.25, -0.2) is 13.2 Å². The van der Waals surface area contributed by atoms with Crippen molar-refractivity contribution in [2.75, 3.05) is 7.11 Å². The molecule has 0 fully saturated rings. The highest BCUT2D eigenvalue weighted by atomic mass is 19.1. The summed E-state index contributed by atoms with van der Waals surface area (Å²) >= 11 is 0. The number of hydrogen-bond donors (Lipinski definition) is 0. The molecule has 1 aromatic rings. The third kappa shape index (κ3) is 2.25. The summed E-state index contributed by atoms with van der Waals surface area (Å²) in [5.41, 5.74) is -0.488. The first kappa shape index (κ1) is 10.6. The number of halogens is 3. The van der Waals surface area contributed by atoms with Gasteiger partial charge in [0.05, 0.1) is 13.5 Å². The minimum atomic E-state index is -1.09. The molecule has 5 heteroatoms. The Hall–Kier alpha value is -1.52. The van der Waals surface area contributed by atoms with Gasteiger partial charge in [0, 0.05) is 17.7 Å². The van der Waals surface area contributed by atoms with Gasteiger partial charge in [-0.15, -0.1) is 0 Å². The van der Waals surface area contributed by atoms with Crippen molar-refractivity contribution in [2.24, 2.45) is 0 Å². The fourth-order valence-corrected chi connectivity index (χ4v) is 0.957. The van der Waals surface area contributed by atoms with Gasteiger partial charge in [0.25, 0.3) is 0 Å². The van der Waals surface area contributed by atoms with Crippen molar-refractivity contribution in [1.29, 1.82) is 0 Å². The summed E-state index contributed by atoms with van der Waals surface area (Å²) in [6.45, 7) is 0. The highest BCUT2D eigenvalue weighted by Gasteiger charge is 2.14. The molecular formula is C9H7F3O2. The molecular weight excluding hydrogens is 197 g/mol. The summed E-state index contributed by atoms with van der Waals surface area (Å²) in [6.07, 6.45) is -0.547. The van der Waals surface area contributed by atoms with Crippen LogP contribution in [0.15, 0.2) is 12.1 Å². The van der Waals surface area contributed by atoms with E-state index in [1.54, 1.807) is 0 Å². The number of ether oxygens (including phenoxy) is 1. The Balaban J connectivity index is 3.02. The first-order valence-corrected chi connectivity index (χ1v) is 3.75. The molecule has 0 saturated carbocycles. The normalized spacial score (nSPS) is 10.0. The van der Waals surface area contributed by atoms with Crippen molar-refractivity contribution in [3.05, 3.63) is 35.1 Å². The SMILES string of the molecule is COC(=O)Cc1c(F)cc(F)cc1F. The molecule has 76 valence electrons. The summed E-state index contributed by atoms with van der Waals surface area (Å²) in [6, 6.07) is 1.03. The summed E-state index contributed by atoms with van der Waals surface area (Å²) in [4.78, 5) is 10.7. The van der Waals surface area contributed by atoms with Crippen LogP contribution in [-0.4, -0.2) is 13.1 Å². The van der Waals surface area contributed by atoms with Gasteiger partial charge in [-0.05, 0) is 0 Å². The van der Waals surface area contributed by atoms with Crippen molar-refractivity contribution in [3.63, 3.8) is 0 Å². The lowest BCUT2D eigenvalue weighted by molar-refractivity contribution is -0.139. The molecule has 0 radical (unpaired) electrons. The second-order valence-corrected chi connectivity index (χ2v) is 2.60.